The highest BCUT2D eigenvalue weighted by molar-refractivity contribution is 7.98. The largest absolute Gasteiger partial charge is 0.489 e. The number of thioether (sulfide) groups is 1. The van der Waals surface area contributed by atoms with Gasteiger partial charge in [0.05, 0.1) is 0 Å². The van der Waals surface area contributed by atoms with Crippen molar-refractivity contribution in [1.82, 2.24) is 5.32 Å². The SMILES string of the molecule is CSCCC(NCc1cc(Cl)ccc1OCc1ccc(Cl)cc1)C(=O)O. The van der Waals surface area contributed by atoms with Gasteiger partial charge in [0.1, 0.15) is 18.4 Å². The van der Waals surface area contributed by atoms with Crippen molar-refractivity contribution in [3.05, 3.63) is 63.6 Å². The minimum atomic E-state index is -0.857. The van der Waals surface area contributed by atoms with E-state index in [2.05, 4.69) is 5.32 Å². The van der Waals surface area contributed by atoms with Crippen LogP contribution in [0.15, 0.2) is 42.5 Å². The average molecular weight is 414 g/mol. The second-order valence-corrected chi connectivity index (χ2v) is 7.58. The Morgan fingerprint density at radius 1 is 1.19 bits per heavy atom. The van der Waals surface area contributed by atoms with Crippen molar-refractivity contribution < 1.29 is 14.6 Å². The number of rotatable bonds is 10. The number of halogens is 2. The molecule has 1 unspecified atom stereocenters. The number of hydrogen-bond donors (Lipinski definition) is 2. The molecule has 0 spiro atoms. The van der Waals surface area contributed by atoms with Crippen LogP contribution in [0.1, 0.15) is 17.5 Å². The first-order valence-corrected chi connectivity index (χ1v) is 10.3. The number of hydrogen-bond acceptors (Lipinski definition) is 4. The van der Waals surface area contributed by atoms with Gasteiger partial charge in [-0.15, -0.1) is 0 Å². The van der Waals surface area contributed by atoms with Crippen molar-refractivity contribution in [3.63, 3.8) is 0 Å². The Labute approximate surface area is 167 Å². The maximum atomic E-state index is 11.4. The lowest BCUT2D eigenvalue weighted by Crippen LogP contribution is -2.36. The molecule has 2 aromatic carbocycles. The number of aliphatic carboxylic acids is 1. The Morgan fingerprint density at radius 3 is 2.54 bits per heavy atom. The Balaban J connectivity index is 2.03. The zero-order valence-electron chi connectivity index (χ0n) is 14.4. The van der Waals surface area contributed by atoms with Gasteiger partial charge in [-0.1, -0.05) is 35.3 Å². The quantitative estimate of drug-likeness (QED) is 0.581. The van der Waals surface area contributed by atoms with Gasteiger partial charge in [0.25, 0.3) is 0 Å². The van der Waals surface area contributed by atoms with Crippen LogP contribution in [0, 0.1) is 0 Å². The summed E-state index contributed by atoms with van der Waals surface area (Å²) in [6.07, 6.45) is 2.51. The lowest BCUT2D eigenvalue weighted by Gasteiger charge is -2.17. The van der Waals surface area contributed by atoms with E-state index in [1.54, 1.807) is 30.0 Å². The van der Waals surface area contributed by atoms with Gasteiger partial charge in [-0.05, 0) is 54.3 Å². The number of carboxylic acid groups (broad SMARTS) is 1. The minimum Gasteiger partial charge on any atom is -0.489 e. The lowest BCUT2D eigenvalue weighted by atomic mass is 10.1. The summed E-state index contributed by atoms with van der Waals surface area (Å²) < 4.78 is 5.90. The minimum absolute atomic E-state index is 0.363. The van der Waals surface area contributed by atoms with E-state index in [9.17, 15) is 9.90 Å². The lowest BCUT2D eigenvalue weighted by molar-refractivity contribution is -0.139. The Hall–Kier alpha value is -1.40. The Kier molecular flexibility index (Phi) is 8.59. The first-order chi connectivity index (χ1) is 12.5. The fraction of sp³-hybridized carbons (Fsp3) is 0.316. The molecular weight excluding hydrogens is 393 g/mol. The van der Waals surface area contributed by atoms with Crippen LogP contribution in [-0.4, -0.2) is 29.1 Å². The predicted molar refractivity (Wildman–Crippen MR) is 108 cm³/mol. The molecule has 0 saturated heterocycles. The normalized spacial score (nSPS) is 12.0. The Morgan fingerprint density at radius 2 is 1.88 bits per heavy atom. The zero-order chi connectivity index (χ0) is 18.9. The third-order valence-electron chi connectivity index (χ3n) is 3.78. The summed E-state index contributed by atoms with van der Waals surface area (Å²) in [5.41, 5.74) is 1.81. The van der Waals surface area contributed by atoms with Gasteiger partial charge in [0.2, 0.25) is 0 Å². The number of benzene rings is 2. The van der Waals surface area contributed by atoms with Crippen LogP contribution in [0.25, 0.3) is 0 Å². The van der Waals surface area contributed by atoms with Crippen molar-refractivity contribution in [3.8, 4) is 5.75 Å². The van der Waals surface area contributed by atoms with E-state index < -0.39 is 12.0 Å². The molecule has 0 amide bonds. The molecule has 0 aliphatic heterocycles. The van der Waals surface area contributed by atoms with Gasteiger partial charge >= 0.3 is 5.97 Å². The molecule has 4 nitrogen and oxygen atoms in total. The van der Waals surface area contributed by atoms with Crippen molar-refractivity contribution in [1.29, 1.82) is 0 Å². The van der Waals surface area contributed by atoms with Crippen molar-refractivity contribution in [2.75, 3.05) is 12.0 Å². The van der Waals surface area contributed by atoms with E-state index in [0.717, 1.165) is 16.9 Å². The van der Waals surface area contributed by atoms with Crippen LogP contribution < -0.4 is 10.1 Å². The number of carbonyl (C=O) groups is 1. The van der Waals surface area contributed by atoms with Crippen molar-refractivity contribution in [2.24, 2.45) is 0 Å². The van der Waals surface area contributed by atoms with E-state index in [-0.39, 0.29) is 0 Å². The van der Waals surface area contributed by atoms with E-state index in [1.165, 1.54) is 0 Å². The van der Waals surface area contributed by atoms with Gasteiger partial charge in [0, 0.05) is 22.2 Å². The smallest absolute Gasteiger partial charge is 0.320 e. The topological polar surface area (TPSA) is 58.6 Å². The molecule has 0 fully saturated rings. The fourth-order valence-corrected chi connectivity index (χ4v) is 3.14. The zero-order valence-corrected chi connectivity index (χ0v) is 16.7. The summed E-state index contributed by atoms with van der Waals surface area (Å²) in [5, 5.41) is 13.7. The molecule has 1 atom stereocenters. The molecule has 2 N–H and O–H groups in total. The summed E-state index contributed by atoms with van der Waals surface area (Å²) >= 11 is 13.6. The van der Waals surface area contributed by atoms with Crippen LogP contribution in [0.4, 0.5) is 0 Å². The third-order valence-corrected chi connectivity index (χ3v) is 4.91. The summed E-state index contributed by atoms with van der Waals surface area (Å²) in [6.45, 7) is 0.752. The molecule has 0 radical (unpaired) electrons. The number of ether oxygens (including phenoxy) is 1. The second kappa shape index (κ2) is 10.7. The molecule has 0 aromatic heterocycles. The molecular formula is C19H21Cl2NO3S. The molecule has 2 rings (SSSR count). The predicted octanol–water partition coefficient (Wildman–Crippen LogP) is 4.87. The van der Waals surface area contributed by atoms with E-state index in [0.29, 0.717) is 35.4 Å². The molecule has 0 saturated carbocycles. The highest BCUT2D eigenvalue weighted by atomic mass is 35.5. The van der Waals surface area contributed by atoms with Gasteiger partial charge in [-0.3, -0.25) is 4.79 Å². The average Bonchev–Trinajstić information content (AvgIpc) is 2.62. The highest BCUT2D eigenvalue weighted by Gasteiger charge is 2.17. The molecule has 0 aliphatic rings. The van der Waals surface area contributed by atoms with Crippen LogP contribution in [0.2, 0.25) is 10.0 Å². The van der Waals surface area contributed by atoms with E-state index in [1.807, 2.05) is 30.5 Å². The van der Waals surface area contributed by atoms with Crippen LogP contribution in [-0.2, 0) is 17.9 Å². The molecule has 0 heterocycles. The summed E-state index contributed by atoms with van der Waals surface area (Å²) in [4.78, 5) is 11.4. The maximum absolute atomic E-state index is 11.4. The number of nitrogens with one attached hydrogen (secondary N) is 1. The van der Waals surface area contributed by atoms with E-state index in [4.69, 9.17) is 27.9 Å². The van der Waals surface area contributed by atoms with Gasteiger partial charge < -0.3 is 15.2 Å². The summed E-state index contributed by atoms with van der Waals surface area (Å²) in [7, 11) is 0. The monoisotopic (exact) mass is 413 g/mol. The van der Waals surface area contributed by atoms with Crippen LogP contribution in [0.3, 0.4) is 0 Å². The van der Waals surface area contributed by atoms with Crippen LogP contribution >= 0.6 is 35.0 Å². The fourth-order valence-electron chi connectivity index (χ4n) is 2.35. The maximum Gasteiger partial charge on any atom is 0.320 e. The van der Waals surface area contributed by atoms with E-state index >= 15 is 0 Å². The second-order valence-electron chi connectivity index (χ2n) is 5.72. The third kappa shape index (κ3) is 6.72. The van der Waals surface area contributed by atoms with Crippen molar-refractivity contribution in [2.45, 2.75) is 25.6 Å². The van der Waals surface area contributed by atoms with Crippen LogP contribution in [0.5, 0.6) is 5.75 Å². The highest BCUT2D eigenvalue weighted by Crippen LogP contribution is 2.24. The van der Waals surface area contributed by atoms with Gasteiger partial charge in [-0.2, -0.15) is 11.8 Å². The van der Waals surface area contributed by atoms with Gasteiger partial charge in [-0.25, -0.2) is 0 Å². The molecule has 140 valence electrons. The molecule has 0 aliphatic carbocycles. The molecule has 0 bridgehead atoms. The molecule has 2 aromatic rings. The Bertz CT molecular complexity index is 725. The summed E-state index contributed by atoms with van der Waals surface area (Å²) in [5.74, 6) is 0.593. The van der Waals surface area contributed by atoms with Crippen molar-refractivity contribution >= 4 is 40.9 Å². The summed E-state index contributed by atoms with van der Waals surface area (Å²) in [6, 6.07) is 12.2. The first kappa shape index (κ1) is 20.9. The molecule has 7 heteroatoms. The standard InChI is InChI=1S/C19H21Cl2NO3S/c1-26-9-8-17(19(23)24)22-11-14-10-16(21)6-7-18(14)25-12-13-2-4-15(20)5-3-13/h2-7,10,17,22H,8-9,11-12H2,1H3,(H,23,24). The first-order valence-electron chi connectivity index (χ1n) is 8.10. The molecule has 26 heavy (non-hydrogen) atoms. The van der Waals surface area contributed by atoms with Gasteiger partial charge in [0.15, 0.2) is 0 Å². The number of carboxylic acids is 1.